The third-order valence-corrected chi connectivity index (χ3v) is 5.90. The molecule has 0 spiro atoms. The van der Waals surface area contributed by atoms with E-state index in [1.807, 2.05) is 20.8 Å². The lowest BCUT2D eigenvalue weighted by atomic mass is 10.1. The van der Waals surface area contributed by atoms with E-state index in [0.717, 1.165) is 6.42 Å². The minimum absolute atomic E-state index is 0.168. The minimum Gasteiger partial charge on any atom is -0.377 e. The molecule has 0 fully saturated rings. The molecule has 0 N–H and O–H groups in total. The maximum absolute atomic E-state index is 6.00. The Labute approximate surface area is 94.2 Å². The second kappa shape index (κ2) is 5.96. The molecule has 0 aromatic carbocycles. The third-order valence-electron chi connectivity index (χ3n) is 2.69. The van der Waals surface area contributed by atoms with Gasteiger partial charge in [0.2, 0.25) is 0 Å². The number of ether oxygens (including phenoxy) is 1. The first-order valence-electron chi connectivity index (χ1n) is 5.20. The van der Waals surface area contributed by atoms with Gasteiger partial charge < -0.3 is 18.0 Å². The van der Waals surface area contributed by atoms with Gasteiger partial charge in [-0.2, -0.15) is 0 Å². The monoisotopic (exact) mass is 236 g/mol. The van der Waals surface area contributed by atoms with E-state index in [1.54, 1.807) is 21.3 Å². The maximum atomic E-state index is 6.00. The van der Waals surface area contributed by atoms with Gasteiger partial charge in [0.15, 0.2) is 0 Å². The van der Waals surface area contributed by atoms with Gasteiger partial charge in [0, 0.05) is 21.3 Å². The molecule has 0 aliphatic carbocycles. The Morgan fingerprint density at radius 2 is 1.60 bits per heavy atom. The highest BCUT2D eigenvalue weighted by Crippen LogP contribution is 2.25. The van der Waals surface area contributed by atoms with Gasteiger partial charge in [0.1, 0.15) is 5.73 Å². The molecule has 0 bridgehead atoms. The molecule has 15 heavy (non-hydrogen) atoms. The predicted molar refractivity (Wildman–Crippen MR) is 61.7 cm³/mol. The van der Waals surface area contributed by atoms with Gasteiger partial charge in [0.05, 0.1) is 5.60 Å². The first kappa shape index (κ1) is 15.1. The molecule has 0 aromatic heterocycles. The van der Waals surface area contributed by atoms with Crippen LogP contribution in [0.5, 0.6) is 0 Å². The lowest BCUT2D eigenvalue weighted by molar-refractivity contribution is -0.0313. The summed E-state index contributed by atoms with van der Waals surface area (Å²) in [7, 11) is 2.12. The molecule has 0 saturated heterocycles. The fourth-order valence-corrected chi connectivity index (χ4v) is 3.55. The van der Waals surface area contributed by atoms with Crippen LogP contribution in [-0.2, 0) is 18.0 Å². The second-order valence-electron chi connectivity index (χ2n) is 4.11. The molecule has 92 valence electrons. The molecule has 1 atom stereocenters. The SMILES string of the molecule is CCC(C)(C)O[Si](OC)(OC)C(C)OC. The van der Waals surface area contributed by atoms with Crippen molar-refractivity contribution in [2.75, 3.05) is 21.3 Å². The van der Waals surface area contributed by atoms with Crippen LogP contribution in [0.25, 0.3) is 0 Å². The first-order valence-corrected chi connectivity index (χ1v) is 7.01. The Morgan fingerprint density at radius 3 is 1.87 bits per heavy atom. The highest BCUT2D eigenvalue weighted by Gasteiger charge is 2.49. The Balaban J connectivity index is 4.78. The molecule has 0 rings (SSSR count). The summed E-state index contributed by atoms with van der Waals surface area (Å²) < 4.78 is 22.2. The zero-order valence-corrected chi connectivity index (χ0v) is 11.9. The van der Waals surface area contributed by atoms with E-state index in [4.69, 9.17) is 18.0 Å². The summed E-state index contributed by atoms with van der Waals surface area (Å²) in [6.45, 7) is 8.03. The van der Waals surface area contributed by atoms with E-state index in [-0.39, 0.29) is 11.3 Å². The van der Waals surface area contributed by atoms with Crippen molar-refractivity contribution >= 4 is 8.80 Å². The summed E-state index contributed by atoms with van der Waals surface area (Å²) in [4.78, 5) is 0. The predicted octanol–water partition coefficient (Wildman–Crippen LogP) is 2.00. The molecule has 5 heteroatoms. The first-order chi connectivity index (χ1) is 6.87. The lowest BCUT2D eigenvalue weighted by Crippen LogP contribution is -2.58. The van der Waals surface area contributed by atoms with Gasteiger partial charge in [0.25, 0.3) is 0 Å². The molecular formula is C10H24O4Si. The van der Waals surface area contributed by atoms with Crippen LogP contribution in [-0.4, -0.2) is 41.5 Å². The Morgan fingerprint density at radius 1 is 1.13 bits per heavy atom. The van der Waals surface area contributed by atoms with Crippen molar-refractivity contribution in [3.05, 3.63) is 0 Å². The molecule has 0 aliphatic rings. The van der Waals surface area contributed by atoms with E-state index in [9.17, 15) is 0 Å². The zero-order valence-electron chi connectivity index (χ0n) is 10.9. The molecular weight excluding hydrogens is 212 g/mol. The van der Waals surface area contributed by atoms with E-state index in [0.29, 0.717) is 0 Å². The topological polar surface area (TPSA) is 36.9 Å². The summed E-state index contributed by atoms with van der Waals surface area (Å²) in [5.74, 6) is 0. The molecule has 0 radical (unpaired) electrons. The molecule has 0 heterocycles. The highest BCUT2D eigenvalue weighted by atomic mass is 28.4. The van der Waals surface area contributed by atoms with Crippen molar-refractivity contribution in [2.24, 2.45) is 0 Å². The van der Waals surface area contributed by atoms with Crippen molar-refractivity contribution in [1.82, 2.24) is 0 Å². The summed E-state index contributed by atoms with van der Waals surface area (Å²) in [5.41, 5.74) is -0.427. The van der Waals surface area contributed by atoms with Crippen molar-refractivity contribution in [3.63, 3.8) is 0 Å². The van der Waals surface area contributed by atoms with Gasteiger partial charge in [-0.05, 0) is 27.2 Å². The van der Waals surface area contributed by atoms with Crippen LogP contribution in [0.1, 0.15) is 34.1 Å². The standard InChI is InChI=1S/C10H24O4Si/c1-8-10(3,4)14-15(12-6,13-7)9(2)11-5/h9H,8H2,1-7H3. The molecule has 0 saturated carbocycles. The van der Waals surface area contributed by atoms with Gasteiger partial charge in [-0.1, -0.05) is 6.92 Å². The maximum Gasteiger partial charge on any atom is 0.531 e. The van der Waals surface area contributed by atoms with Gasteiger partial charge in [-0.25, -0.2) is 0 Å². The van der Waals surface area contributed by atoms with Crippen LogP contribution in [0.15, 0.2) is 0 Å². The second-order valence-corrected chi connectivity index (χ2v) is 7.15. The Hall–Kier alpha value is 0.0569. The summed E-state index contributed by atoms with van der Waals surface area (Å²) in [6, 6.07) is 0. The van der Waals surface area contributed by atoms with Crippen LogP contribution in [0.4, 0.5) is 0 Å². The summed E-state index contributed by atoms with van der Waals surface area (Å²) >= 11 is 0. The minimum atomic E-state index is -2.73. The lowest BCUT2D eigenvalue weighted by Gasteiger charge is -2.37. The van der Waals surface area contributed by atoms with Crippen LogP contribution in [0, 0.1) is 0 Å². The number of hydrogen-bond acceptors (Lipinski definition) is 4. The average molecular weight is 236 g/mol. The van der Waals surface area contributed by atoms with Crippen LogP contribution in [0.3, 0.4) is 0 Å². The largest absolute Gasteiger partial charge is 0.531 e. The number of hydrogen-bond donors (Lipinski definition) is 0. The van der Waals surface area contributed by atoms with Gasteiger partial charge in [-0.3, -0.25) is 0 Å². The Bertz CT molecular complexity index is 180. The molecule has 4 nitrogen and oxygen atoms in total. The van der Waals surface area contributed by atoms with Gasteiger partial charge in [-0.15, -0.1) is 0 Å². The normalized spacial score (nSPS) is 15.4. The third kappa shape index (κ3) is 3.84. The van der Waals surface area contributed by atoms with E-state index in [2.05, 4.69) is 6.92 Å². The van der Waals surface area contributed by atoms with Crippen molar-refractivity contribution in [3.8, 4) is 0 Å². The van der Waals surface area contributed by atoms with Crippen LogP contribution < -0.4 is 0 Å². The zero-order chi connectivity index (χ0) is 12.1. The highest BCUT2D eigenvalue weighted by molar-refractivity contribution is 6.62. The van der Waals surface area contributed by atoms with Crippen molar-refractivity contribution in [2.45, 2.75) is 45.4 Å². The number of methoxy groups -OCH3 is 1. The van der Waals surface area contributed by atoms with Crippen LogP contribution in [0.2, 0.25) is 0 Å². The van der Waals surface area contributed by atoms with Crippen LogP contribution >= 0.6 is 0 Å². The van der Waals surface area contributed by atoms with E-state index >= 15 is 0 Å². The van der Waals surface area contributed by atoms with Crippen molar-refractivity contribution < 1.29 is 18.0 Å². The number of rotatable bonds is 7. The fraction of sp³-hybridized carbons (Fsp3) is 1.00. The van der Waals surface area contributed by atoms with E-state index < -0.39 is 8.80 Å². The van der Waals surface area contributed by atoms with Gasteiger partial charge >= 0.3 is 8.80 Å². The summed E-state index contributed by atoms with van der Waals surface area (Å²) in [6.07, 6.45) is 0.894. The summed E-state index contributed by atoms with van der Waals surface area (Å²) in [5, 5.41) is 0. The fourth-order valence-electron chi connectivity index (χ4n) is 1.18. The van der Waals surface area contributed by atoms with Crippen molar-refractivity contribution in [1.29, 1.82) is 0 Å². The smallest absolute Gasteiger partial charge is 0.377 e. The molecule has 0 aliphatic heterocycles. The average Bonchev–Trinajstić information content (AvgIpc) is 2.25. The quantitative estimate of drug-likeness (QED) is 0.634. The molecule has 0 amide bonds. The Kier molecular flexibility index (Phi) is 5.98. The molecule has 0 aromatic rings. The molecule has 1 unspecified atom stereocenters. The van der Waals surface area contributed by atoms with E-state index in [1.165, 1.54) is 0 Å².